The maximum absolute atomic E-state index is 5.09. The van der Waals surface area contributed by atoms with Crippen LogP contribution >= 0.6 is 11.8 Å². The maximum atomic E-state index is 5.09. The first-order chi connectivity index (χ1) is 8.85. The fraction of sp³-hybridized carbons (Fsp3) is 0.357. The number of thioether (sulfide) groups is 1. The van der Waals surface area contributed by atoms with Crippen molar-refractivity contribution in [2.75, 3.05) is 26.5 Å². The van der Waals surface area contributed by atoms with Gasteiger partial charge in [-0.05, 0) is 24.7 Å². The summed E-state index contributed by atoms with van der Waals surface area (Å²) in [6.07, 6.45) is 0. The van der Waals surface area contributed by atoms with Crippen LogP contribution in [0.5, 0.6) is 0 Å². The summed E-state index contributed by atoms with van der Waals surface area (Å²) in [7, 11) is 3.68. The summed E-state index contributed by atoms with van der Waals surface area (Å²) in [6, 6.07) is 10.4. The van der Waals surface area contributed by atoms with Crippen molar-refractivity contribution in [3.8, 4) is 0 Å². The van der Waals surface area contributed by atoms with E-state index in [2.05, 4.69) is 23.5 Å². The number of rotatable bonds is 6. The number of benzene rings is 1. The summed E-state index contributed by atoms with van der Waals surface area (Å²) >= 11 is 1.75. The Morgan fingerprint density at radius 2 is 2.17 bits per heavy atom. The number of pyridine rings is 1. The molecule has 96 valence electrons. The van der Waals surface area contributed by atoms with Gasteiger partial charge in [0, 0.05) is 24.8 Å². The van der Waals surface area contributed by atoms with Crippen molar-refractivity contribution in [2.24, 2.45) is 0 Å². The minimum Gasteiger partial charge on any atom is -0.384 e. The minimum atomic E-state index is 0.748. The standard InChI is InChI=1S/C14H18N2OS/c1-15-10-12-9-11-5-3-4-6-13(11)16-14(12)18-8-7-17-2/h3-6,9,15H,7-8,10H2,1-2H3. The Morgan fingerprint density at radius 3 is 2.94 bits per heavy atom. The average molecular weight is 262 g/mol. The van der Waals surface area contributed by atoms with Crippen LogP contribution in [0.4, 0.5) is 0 Å². The fourth-order valence-electron chi connectivity index (χ4n) is 1.81. The second-order valence-corrected chi connectivity index (χ2v) is 5.10. The molecule has 3 nitrogen and oxygen atoms in total. The Labute approximate surface area is 112 Å². The molecule has 2 rings (SSSR count). The van der Waals surface area contributed by atoms with Crippen LogP contribution in [0, 0.1) is 0 Å². The summed E-state index contributed by atoms with van der Waals surface area (Å²) in [5.74, 6) is 0.929. The summed E-state index contributed by atoms with van der Waals surface area (Å²) in [6.45, 7) is 1.59. The van der Waals surface area contributed by atoms with Gasteiger partial charge in [0.05, 0.1) is 12.1 Å². The van der Waals surface area contributed by atoms with E-state index < -0.39 is 0 Å². The number of methoxy groups -OCH3 is 1. The van der Waals surface area contributed by atoms with E-state index in [9.17, 15) is 0 Å². The van der Waals surface area contributed by atoms with Crippen LogP contribution in [-0.2, 0) is 11.3 Å². The Balaban J connectivity index is 2.31. The maximum Gasteiger partial charge on any atom is 0.101 e. The molecule has 0 unspecified atom stereocenters. The molecule has 2 aromatic rings. The first-order valence-corrected chi connectivity index (χ1v) is 6.98. The molecular formula is C14H18N2OS. The Bertz CT molecular complexity index is 516. The highest BCUT2D eigenvalue weighted by atomic mass is 32.2. The van der Waals surface area contributed by atoms with Gasteiger partial charge in [0.1, 0.15) is 5.03 Å². The molecular weight excluding hydrogens is 244 g/mol. The van der Waals surface area contributed by atoms with Gasteiger partial charge in [-0.2, -0.15) is 0 Å². The number of aromatic nitrogens is 1. The first-order valence-electron chi connectivity index (χ1n) is 6.00. The number of nitrogens with zero attached hydrogens (tertiary/aromatic N) is 1. The molecule has 1 heterocycles. The van der Waals surface area contributed by atoms with Crippen molar-refractivity contribution in [2.45, 2.75) is 11.6 Å². The highest BCUT2D eigenvalue weighted by Gasteiger charge is 2.06. The van der Waals surface area contributed by atoms with Crippen LogP contribution in [0.3, 0.4) is 0 Å². The lowest BCUT2D eigenvalue weighted by atomic mass is 10.1. The van der Waals surface area contributed by atoms with Gasteiger partial charge in [-0.1, -0.05) is 18.2 Å². The van der Waals surface area contributed by atoms with Gasteiger partial charge in [0.15, 0.2) is 0 Å². The number of nitrogens with one attached hydrogen (secondary N) is 1. The third kappa shape index (κ3) is 3.22. The second kappa shape index (κ2) is 6.73. The van der Waals surface area contributed by atoms with Gasteiger partial charge in [-0.3, -0.25) is 0 Å². The summed E-state index contributed by atoms with van der Waals surface area (Å²) < 4.78 is 5.09. The third-order valence-electron chi connectivity index (χ3n) is 2.66. The monoisotopic (exact) mass is 262 g/mol. The normalized spacial score (nSPS) is 11.0. The van der Waals surface area contributed by atoms with E-state index in [-0.39, 0.29) is 0 Å². The van der Waals surface area contributed by atoms with Gasteiger partial charge in [-0.15, -0.1) is 11.8 Å². The van der Waals surface area contributed by atoms with E-state index in [1.807, 2.05) is 19.2 Å². The zero-order valence-electron chi connectivity index (χ0n) is 10.8. The number of hydrogen-bond acceptors (Lipinski definition) is 4. The van der Waals surface area contributed by atoms with Crippen molar-refractivity contribution in [3.63, 3.8) is 0 Å². The van der Waals surface area contributed by atoms with Crippen LogP contribution in [0.25, 0.3) is 10.9 Å². The zero-order chi connectivity index (χ0) is 12.8. The molecule has 0 saturated carbocycles. The molecule has 1 N–H and O–H groups in total. The van der Waals surface area contributed by atoms with Gasteiger partial charge >= 0.3 is 0 Å². The zero-order valence-corrected chi connectivity index (χ0v) is 11.6. The molecule has 0 fully saturated rings. The number of ether oxygens (including phenoxy) is 1. The van der Waals surface area contributed by atoms with Crippen molar-refractivity contribution < 1.29 is 4.74 Å². The topological polar surface area (TPSA) is 34.2 Å². The van der Waals surface area contributed by atoms with Gasteiger partial charge in [0.25, 0.3) is 0 Å². The Hall–Kier alpha value is -1.10. The van der Waals surface area contributed by atoms with Gasteiger partial charge in [-0.25, -0.2) is 4.98 Å². The van der Waals surface area contributed by atoms with E-state index in [1.54, 1.807) is 18.9 Å². The molecule has 0 spiro atoms. The second-order valence-electron chi connectivity index (χ2n) is 4.02. The van der Waals surface area contributed by atoms with E-state index >= 15 is 0 Å². The van der Waals surface area contributed by atoms with Crippen molar-refractivity contribution >= 4 is 22.7 Å². The quantitative estimate of drug-likeness (QED) is 0.641. The highest BCUT2D eigenvalue weighted by Crippen LogP contribution is 2.24. The molecule has 0 atom stereocenters. The molecule has 18 heavy (non-hydrogen) atoms. The van der Waals surface area contributed by atoms with Crippen molar-refractivity contribution in [3.05, 3.63) is 35.9 Å². The van der Waals surface area contributed by atoms with Crippen molar-refractivity contribution in [1.82, 2.24) is 10.3 Å². The van der Waals surface area contributed by atoms with Crippen LogP contribution in [0.1, 0.15) is 5.56 Å². The minimum absolute atomic E-state index is 0.748. The number of para-hydroxylation sites is 1. The van der Waals surface area contributed by atoms with E-state index in [0.717, 1.165) is 29.4 Å². The largest absolute Gasteiger partial charge is 0.384 e. The van der Waals surface area contributed by atoms with Crippen LogP contribution in [0.15, 0.2) is 35.4 Å². The molecule has 0 radical (unpaired) electrons. The van der Waals surface area contributed by atoms with E-state index in [1.165, 1.54) is 10.9 Å². The highest BCUT2D eigenvalue weighted by molar-refractivity contribution is 7.99. The first kappa shape index (κ1) is 13.3. The molecule has 1 aromatic heterocycles. The SMILES string of the molecule is CNCc1cc2ccccc2nc1SCCOC. The molecule has 0 bridgehead atoms. The third-order valence-corrected chi connectivity index (χ3v) is 3.65. The summed E-state index contributed by atoms with van der Waals surface area (Å²) in [5, 5.41) is 5.49. The number of fused-ring (bicyclic) bond motifs is 1. The van der Waals surface area contributed by atoms with E-state index in [0.29, 0.717) is 0 Å². The summed E-state index contributed by atoms with van der Waals surface area (Å²) in [4.78, 5) is 4.73. The van der Waals surface area contributed by atoms with Crippen LogP contribution < -0.4 is 5.32 Å². The van der Waals surface area contributed by atoms with Crippen LogP contribution in [-0.4, -0.2) is 31.5 Å². The fourth-order valence-corrected chi connectivity index (χ4v) is 2.73. The predicted octanol–water partition coefficient (Wildman–Crippen LogP) is 2.69. The number of hydrogen-bond donors (Lipinski definition) is 1. The lowest BCUT2D eigenvalue weighted by Crippen LogP contribution is -2.07. The van der Waals surface area contributed by atoms with Gasteiger partial charge in [0.2, 0.25) is 0 Å². The van der Waals surface area contributed by atoms with Crippen molar-refractivity contribution in [1.29, 1.82) is 0 Å². The smallest absolute Gasteiger partial charge is 0.101 e. The molecule has 0 aliphatic heterocycles. The van der Waals surface area contributed by atoms with E-state index in [4.69, 9.17) is 9.72 Å². The molecule has 0 saturated heterocycles. The summed E-state index contributed by atoms with van der Waals surface area (Å²) in [5.41, 5.74) is 2.30. The molecule has 0 aliphatic rings. The Kier molecular flexibility index (Phi) is 4.99. The predicted molar refractivity (Wildman–Crippen MR) is 77.1 cm³/mol. The Morgan fingerprint density at radius 1 is 1.33 bits per heavy atom. The van der Waals surface area contributed by atoms with Gasteiger partial charge < -0.3 is 10.1 Å². The molecule has 0 amide bonds. The molecule has 1 aromatic carbocycles. The van der Waals surface area contributed by atoms with Crippen LogP contribution in [0.2, 0.25) is 0 Å². The molecule has 0 aliphatic carbocycles. The lowest BCUT2D eigenvalue weighted by molar-refractivity contribution is 0.218. The molecule has 4 heteroatoms. The lowest BCUT2D eigenvalue weighted by Gasteiger charge is -2.09. The average Bonchev–Trinajstić information content (AvgIpc) is 2.40.